The van der Waals surface area contributed by atoms with E-state index in [-0.39, 0.29) is 5.91 Å². The Bertz CT molecular complexity index is 839. The molecule has 0 atom stereocenters. The summed E-state index contributed by atoms with van der Waals surface area (Å²) in [5, 5.41) is 3.54. The first-order valence-electron chi connectivity index (χ1n) is 8.09. The Balaban J connectivity index is 1.54. The number of fused-ring (bicyclic) bond motifs is 1. The standard InChI is InChI=1S/C19H20ClN3O2/c1-19(2,25-16-8-6-14(20)7-9-16)18(24)21-11-10-15-13-23-12-4-3-5-17(23)22-15/h3-9,12-13H,10-11H2,1-2H3,(H,21,24). The maximum absolute atomic E-state index is 12.4. The van der Waals surface area contributed by atoms with E-state index in [4.69, 9.17) is 16.3 Å². The molecule has 0 bridgehead atoms. The van der Waals surface area contributed by atoms with Gasteiger partial charge in [0, 0.05) is 30.4 Å². The molecule has 0 aliphatic heterocycles. The second-order valence-electron chi connectivity index (χ2n) is 6.27. The highest BCUT2D eigenvalue weighted by atomic mass is 35.5. The molecule has 2 aromatic heterocycles. The van der Waals surface area contributed by atoms with Gasteiger partial charge in [-0.1, -0.05) is 17.7 Å². The molecule has 0 spiro atoms. The van der Waals surface area contributed by atoms with Gasteiger partial charge in [-0.3, -0.25) is 4.79 Å². The molecule has 1 N–H and O–H groups in total. The number of halogens is 1. The number of hydrogen-bond acceptors (Lipinski definition) is 3. The van der Waals surface area contributed by atoms with Crippen LogP contribution in [-0.2, 0) is 11.2 Å². The van der Waals surface area contributed by atoms with E-state index in [1.165, 1.54) is 0 Å². The monoisotopic (exact) mass is 357 g/mol. The van der Waals surface area contributed by atoms with Crippen LogP contribution in [0.1, 0.15) is 19.5 Å². The normalized spacial score (nSPS) is 11.5. The number of carbonyl (C=O) groups excluding carboxylic acids is 1. The Hall–Kier alpha value is -2.53. The summed E-state index contributed by atoms with van der Waals surface area (Å²) in [6, 6.07) is 12.8. The number of hydrogen-bond donors (Lipinski definition) is 1. The van der Waals surface area contributed by atoms with Crippen molar-refractivity contribution < 1.29 is 9.53 Å². The van der Waals surface area contributed by atoms with Crippen LogP contribution in [0, 0.1) is 0 Å². The molecule has 0 saturated heterocycles. The van der Waals surface area contributed by atoms with Gasteiger partial charge in [-0.05, 0) is 50.2 Å². The van der Waals surface area contributed by atoms with Gasteiger partial charge in [0.15, 0.2) is 5.60 Å². The first-order valence-corrected chi connectivity index (χ1v) is 8.47. The predicted molar refractivity (Wildman–Crippen MR) is 98.1 cm³/mol. The summed E-state index contributed by atoms with van der Waals surface area (Å²) in [4.78, 5) is 16.9. The van der Waals surface area contributed by atoms with Crippen molar-refractivity contribution >= 4 is 23.2 Å². The fourth-order valence-corrected chi connectivity index (χ4v) is 2.59. The molecule has 1 amide bonds. The van der Waals surface area contributed by atoms with Crippen molar-refractivity contribution in [2.75, 3.05) is 6.54 Å². The molecule has 25 heavy (non-hydrogen) atoms. The summed E-state index contributed by atoms with van der Waals surface area (Å²) in [7, 11) is 0. The molecule has 6 heteroatoms. The maximum atomic E-state index is 12.4. The lowest BCUT2D eigenvalue weighted by molar-refractivity contribution is -0.134. The van der Waals surface area contributed by atoms with Gasteiger partial charge < -0.3 is 14.5 Å². The van der Waals surface area contributed by atoms with Crippen LogP contribution in [0.15, 0.2) is 54.9 Å². The molecular formula is C19H20ClN3O2. The van der Waals surface area contributed by atoms with Gasteiger partial charge >= 0.3 is 0 Å². The minimum absolute atomic E-state index is 0.175. The number of ether oxygens (including phenoxy) is 1. The fourth-order valence-electron chi connectivity index (χ4n) is 2.47. The van der Waals surface area contributed by atoms with Crippen molar-refractivity contribution in [1.82, 2.24) is 14.7 Å². The van der Waals surface area contributed by atoms with Crippen molar-refractivity contribution in [3.05, 3.63) is 65.6 Å². The summed E-state index contributed by atoms with van der Waals surface area (Å²) in [6.45, 7) is 3.97. The number of amides is 1. The lowest BCUT2D eigenvalue weighted by Crippen LogP contribution is -2.47. The number of imidazole rings is 1. The van der Waals surface area contributed by atoms with Gasteiger partial charge in [0.05, 0.1) is 5.69 Å². The lowest BCUT2D eigenvalue weighted by atomic mass is 10.1. The smallest absolute Gasteiger partial charge is 0.263 e. The molecule has 0 saturated carbocycles. The van der Waals surface area contributed by atoms with E-state index in [2.05, 4.69) is 10.3 Å². The highest BCUT2D eigenvalue weighted by Crippen LogP contribution is 2.21. The van der Waals surface area contributed by atoms with Gasteiger partial charge in [-0.25, -0.2) is 4.98 Å². The largest absolute Gasteiger partial charge is 0.478 e. The van der Waals surface area contributed by atoms with E-state index >= 15 is 0 Å². The Labute approximate surface area is 151 Å². The maximum Gasteiger partial charge on any atom is 0.263 e. The minimum atomic E-state index is -0.979. The number of benzene rings is 1. The Morgan fingerprint density at radius 1 is 1.24 bits per heavy atom. The van der Waals surface area contributed by atoms with Gasteiger partial charge in [-0.15, -0.1) is 0 Å². The summed E-state index contributed by atoms with van der Waals surface area (Å²) in [5.41, 5.74) is 0.852. The average Bonchev–Trinajstić information content (AvgIpc) is 2.99. The third kappa shape index (κ3) is 4.31. The van der Waals surface area contributed by atoms with Crippen LogP contribution in [0.4, 0.5) is 0 Å². The molecule has 3 aromatic rings. The lowest BCUT2D eigenvalue weighted by Gasteiger charge is -2.25. The molecule has 0 unspecified atom stereocenters. The Morgan fingerprint density at radius 2 is 2.00 bits per heavy atom. The van der Waals surface area contributed by atoms with E-state index in [0.717, 1.165) is 11.3 Å². The van der Waals surface area contributed by atoms with E-state index in [0.29, 0.717) is 23.7 Å². The number of nitrogens with zero attached hydrogens (tertiary/aromatic N) is 2. The van der Waals surface area contributed by atoms with Crippen molar-refractivity contribution in [1.29, 1.82) is 0 Å². The van der Waals surface area contributed by atoms with Crippen molar-refractivity contribution in [2.45, 2.75) is 25.9 Å². The number of aromatic nitrogens is 2. The fraction of sp³-hybridized carbons (Fsp3) is 0.263. The van der Waals surface area contributed by atoms with Crippen molar-refractivity contribution in [2.24, 2.45) is 0 Å². The number of rotatable bonds is 6. The minimum Gasteiger partial charge on any atom is -0.478 e. The van der Waals surface area contributed by atoms with Crippen LogP contribution in [0.5, 0.6) is 5.75 Å². The van der Waals surface area contributed by atoms with Crippen LogP contribution < -0.4 is 10.1 Å². The van der Waals surface area contributed by atoms with Crippen LogP contribution in [0.3, 0.4) is 0 Å². The van der Waals surface area contributed by atoms with Crippen LogP contribution in [0.2, 0.25) is 5.02 Å². The molecule has 0 aliphatic rings. The molecule has 1 aromatic carbocycles. The predicted octanol–water partition coefficient (Wildman–Crippen LogP) is 3.50. The molecular weight excluding hydrogens is 338 g/mol. The molecule has 130 valence electrons. The zero-order valence-corrected chi connectivity index (χ0v) is 15.0. The van der Waals surface area contributed by atoms with Crippen molar-refractivity contribution in [3.8, 4) is 5.75 Å². The highest BCUT2D eigenvalue weighted by Gasteiger charge is 2.29. The van der Waals surface area contributed by atoms with Crippen LogP contribution in [-0.4, -0.2) is 27.4 Å². The number of pyridine rings is 1. The molecule has 0 fully saturated rings. The molecule has 3 rings (SSSR count). The van der Waals surface area contributed by atoms with E-state index in [1.807, 2.05) is 35.0 Å². The first kappa shape index (κ1) is 17.3. The number of nitrogens with one attached hydrogen (secondary N) is 1. The first-order chi connectivity index (χ1) is 11.9. The quantitative estimate of drug-likeness (QED) is 0.734. The summed E-state index contributed by atoms with van der Waals surface area (Å²) in [5.74, 6) is 0.427. The Morgan fingerprint density at radius 3 is 2.72 bits per heavy atom. The molecule has 0 radical (unpaired) electrons. The van der Waals surface area contributed by atoms with E-state index < -0.39 is 5.60 Å². The SMILES string of the molecule is CC(C)(Oc1ccc(Cl)cc1)C(=O)NCCc1cn2ccccc2n1. The van der Waals surface area contributed by atoms with E-state index in [9.17, 15) is 4.79 Å². The molecule has 0 aliphatic carbocycles. The summed E-state index contributed by atoms with van der Waals surface area (Å²) in [6.07, 6.45) is 4.58. The van der Waals surface area contributed by atoms with Crippen LogP contribution >= 0.6 is 11.6 Å². The highest BCUT2D eigenvalue weighted by molar-refractivity contribution is 6.30. The second-order valence-corrected chi connectivity index (χ2v) is 6.71. The third-order valence-corrected chi connectivity index (χ3v) is 4.07. The van der Waals surface area contributed by atoms with Gasteiger partial charge in [0.25, 0.3) is 5.91 Å². The second kappa shape index (κ2) is 7.15. The summed E-state index contributed by atoms with van der Waals surface area (Å²) >= 11 is 5.86. The van der Waals surface area contributed by atoms with Gasteiger partial charge in [0.2, 0.25) is 0 Å². The van der Waals surface area contributed by atoms with Crippen molar-refractivity contribution in [3.63, 3.8) is 0 Å². The van der Waals surface area contributed by atoms with Crippen LogP contribution in [0.25, 0.3) is 5.65 Å². The molecule has 5 nitrogen and oxygen atoms in total. The topological polar surface area (TPSA) is 55.6 Å². The Kier molecular flexibility index (Phi) is 4.95. The average molecular weight is 358 g/mol. The van der Waals surface area contributed by atoms with Gasteiger partial charge in [-0.2, -0.15) is 0 Å². The zero-order valence-electron chi connectivity index (χ0n) is 14.2. The third-order valence-electron chi connectivity index (χ3n) is 3.81. The number of carbonyl (C=O) groups is 1. The molecule has 2 heterocycles. The zero-order chi connectivity index (χ0) is 17.9. The summed E-state index contributed by atoms with van der Waals surface area (Å²) < 4.78 is 7.74. The van der Waals surface area contributed by atoms with E-state index in [1.54, 1.807) is 38.1 Å². The van der Waals surface area contributed by atoms with Gasteiger partial charge in [0.1, 0.15) is 11.4 Å².